The molecule has 0 aliphatic rings. The molecular formula is C11H8F4O2. The monoisotopic (exact) mass is 248 g/mol. The van der Waals surface area contributed by atoms with E-state index in [2.05, 4.69) is 4.74 Å². The van der Waals surface area contributed by atoms with Gasteiger partial charge in [0.05, 0.1) is 0 Å². The lowest BCUT2D eigenvalue weighted by Gasteiger charge is -2.16. The number of ether oxygens (including phenoxy) is 1. The third kappa shape index (κ3) is 3.90. The maximum Gasteiger partial charge on any atom is 0.461 e. The summed E-state index contributed by atoms with van der Waals surface area (Å²) < 4.78 is 52.7. The van der Waals surface area contributed by atoms with Crippen molar-refractivity contribution in [1.82, 2.24) is 0 Å². The molecule has 0 unspecified atom stereocenters. The van der Waals surface area contributed by atoms with Gasteiger partial charge in [0.2, 0.25) is 0 Å². The van der Waals surface area contributed by atoms with Crippen molar-refractivity contribution >= 4 is 12.4 Å². The van der Waals surface area contributed by atoms with Crippen LogP contribution in [-0.2, 0) is 4.79 Å². The highest BCUT2D eigenvalue weighted by atomic mass is 19.3. The van der Waals surface area contributed by atoms with Gasteiger partial charge in [0, 0.05) is 0 Å². The van der Waals surface area contributed by atoms with Gasteiger partial charge in [0.1, 0.15) is 12.0 Å². The van der Waals surface area contributed by atoms with Crippen LogP contribution in [0.2, 0.25) is 0 Å². The van der Waals surface area contributed by atoms with Crippen LogP contribution in [0.3, 0.4) is 0 Å². The smallest absolute Gasteiger partial charge is 0.428 e. The van der Waals surface area contributed by atoms with E-state index in [-0.39, 0.29) is 0 Å². The van der Waals surface area contributed by atoms with Crippen LogP contribution in [0.4, 0.5) is 17.6 Å². The summed E-state index contributed by atoms with van der Waals surface area (Å²) in [6.45, 7) is 0. The molecule has 0 bridgehead atoms. The van der Waals surface area contributed by atoms with E-state index in [1.165, 1.54) is 18.2 Å². The first-order valence-electron chi connectivity index (χ1n) is 4.52. The van der Waals surface area contributed by atoms with Crippen LogP contribution in [0.5, 0.6) is 5.75 Å². The zero-order chi connectivity index (χ0) is 12.9. The van der Waals surface area contributed by atoms with Crippen molar-refractivity contribution in [2.24, 2.45) is 0 Å². The van der Waals surface area contributed by atoms with Crippen LogP contribution in [0.1, 0.15) is 5.56 Å². The van der Waals surface area contributed by atoms with Gasteiger partial charge in [-0.3, -0.25) is 4.79 Å². The van der Waals surface area contributed by atoms with Crippen molar-refractivity contribution in [3.8, 4) is 5.75 Å². The molecule has 17 heavy (non-hydrogen) atoms. The average Bonchev–Trinajstić information content (AvgIpc) is 2.26. The van der Waals surface area contributed by atoms with E-state index < -0.39 is 18.3 Å². The second-order valence-corrected chi connectivity index (χ2v) is 3.03. The van der Waals surface area contributed by atoms with E-state index >= 15 is 0 Å². The number of benzene rings is 1. The van der Waals surface area contributed by atoms with Gasteiger partial charge < -0.3 is 4.74 Å². The van der Waals surface area contributed by atoms with Crippen LogP contribution in [-0.4, -0.2) is 18.8 Å². The highest BCUT2D eigenvalue weighted by Crippen LogP contribution is 2.27. The molecule has 0 saturated carbocycles. The molecule has 1 rings (SSSR count). The van der Waals surface area contributed by atoms with Gasteiger partial charge >= 0.3 is 12.5 Å². The lowest BCUT2D eigenvalue weighted by atomic mass is 10.2. The summed E-state index contributed by atoms with van der Waals surface area (Å²) in [5, 5.41) is 0. The Balaban J connectivity index is 2.85. The minimum absolute atomic E-state index is 0.389. The second kappa shape index (κ2) is 5.47. The first-order chi connectivity index (χ1) is 7.95. The number of allylic oxidation sites excluding steroid dienone is 1. The van der Waals surface area contributed by atoms with Gasteiger partial charge in [0.25, 0.3) is 0 Å². The maximum absolute atomic E-state index is 12.6. The van der Waals surface area contributed by atoms with Crippen LogP contribution >= 0.6 is 0 Å². The summed E-state index contributed by atoms with van der Waals surface area (Å²) in [6, 6.07) is 5.10. The minimum Gasteiger partial charge on any atom is -0.428 e. The molecule has 0 amide bonds. The predicted molar refractivity (Wildman–Crippen MR) is 53.1 cm³/mol. The Kier molecular flexibility index (Phi) is 4.25. The molecule has 0 spiro atoms. The number of carbonyl (C=O) groups excluding carboxylic acids is 1. The number of alkyl halides is 4. The second-order valence-electron chi connectivity index (χ2n) is 3.03. The molecule has 0 radical (unpaired) electrons. The first kappa shape index (κ1) is 13.2. The fourth-order valence-corrected chi connectivity index (χ4v) is 1.03. The van der Waals surface area contributed by atoms with Crippen molar-refractivity contribution in [2.45, 2.75) is 12.5 Å². The zero-order valence-electron chi connectivity index (χ0n) is 8.45. The molecule has 0 aliphatic carbocycles. The van der Waals surface area contributed by atoms with Crippen molar-refractivity contribution in [3.63, 3.8) is 0 Å². The average molecular weight is 248 g/mol. The van der Waals surface area contributed by atoms with Gasteiger partial charge in [-0.25, -0.2) is 0 Å². The molecule has 0 atom stereocenters. The Labute approximate surface area is 94.5 Å². The van der Waals surface area contributed by atoms with Crippen molar-refractivity contribution in [2.75, 3.05) is 0 Å². The van der Waals surface area contributed by atoms with Crippen LogP contribution in [0.15, 0.2) is 30.3 Å². The van der Waals surface area contributed by atoms with E-state index in [1.54, 1.807) is 0 Å². The van der Waals surface area contributed by atoms with Crippen LogP contribution in [0, 0.1) is 0 Å². The summed E-state index contributed by atoms with van der Waals surface area (Å²) in [5.41, 5.74) is 0.389. The number of hydrogen-bond acceptors (Lipinski definition) is 2. The molecule has 1 aromatic carbocycles. The summed E-state index contributed by atoms with van der Waals surface area (Å²) in [7, 11) is 0. The maximum atomic E-state index is 12.6. The summed E-state index contributed by atoms with van der Waals surface area (Å²) in [6.07, 6.45) is -5.46. The number of carbonyl (C=O) groups is 1. The van der Waals surface area contributed by atoms with Gasteiger partial charge in [-0.1, -0.05) is 18.2 Å². The topological polar surface area (TPSA) is 26.3 Å². The fraction of sp³-hybridized carbons (Fsp3) is 0.182. The van der Waals surface area contributed by atoms with Gasteiger partial charge in [-0.15, -0.1) is 0 Å². The lowest BCUT2D eigenvalue weighted by molar-refractivity contribution is -0.253. The largest absolute Gasteiger partial charge is 0.461 e. The van der Waals surface area contributed by atoms with E-state index in [1.807, 2.05) is 0 Å². The molecule has 0 N–H and O–H groups in total. The Hall–Kier alpha value is -1.85. The quantitative estimate of drug-likeness (QED) is 0.454. The molecule has 0 aromatic heterocycles. The highest BCUT2D eigenvalue weighted by molar-refractivity contribution is 5.74. The number of hydrogen-bond donors (Lipinski definition) is 0. The Morgan fingerprint density at radius 1 is 1.29 bits per heavy atom. The van der Waals surface area contributed by atoms with Crippen molar-refractivity contribution < 1.29 is 27.1 Å². The molecule has 0 fully saturated rings. The number of halogens is 4. The molecule has 0 aliphatic heterocycles. The fourth-order valence-electron chi connectivity index (χ4n) is 1.03. The lowest BCUT2D eigenvalue weighted by Crippen LogP contribution is -2.33. The van der Waals surface area contributed by atoms with Crippen LogP contribution < -0.4 is 4.74 Å². The molecule has 0 saturated heterocycles. The molecule has 2 nitrogen and oxygen atoms in total. The van der Waals surface area contributed by atoms with Gasteiger partial charge in [-0.05, 0) is 23.8 Å². The van der Waals surface area contributed by atoms with E-state index in [9.17, 15) is 22.4 Å². The zero-order valence-corrected chi connectivity index (χ0v) is 8.45. The number of aldehydes is 1. The Morgan fingerprint density at radius 3 is 2.59 bits per heavy atom. The van der Waals surface area contributed by atoms with E-state index in [4.69, 9.17) is 0 Å². The summed E-state index contributed by atoms with van der Waals surface area (Å²) in [4.78, 5) is 10.0. The first-order valence-corrected chi connectivity index (χ1v) is 4.52. The van der Waals surface area contributed by atoms with Crippen molar-refractivity contribution in [1.29, 1.82) is 0 Å². The SMILES string of the molecule is O=CC=Cc1cccc(OC(F)(F)C(F)F)c1. The molecule has 92 valence electrons. The normalized spacial score (nSPS) is 12.1. The Morgan fingerprint density at radius 2 is 2.00 bits per heavy atom. The van der Waals surface area contributed by atoms with Gasteiger partial charge in [0.15, 0.2) is 0 Å². The minimum atomic E-state index is -4.53. The molecular weight excluding hydrogens is 240 g/mol. The molecule has 6 heteroatoms. The van der Waals surface area contributed by atoms with Crippen molar-refractivity contribution in [3.05, 3.63) is 35.9 Å². The summed E-state index contributed by atoms with van der Waals surface area (Å²) in [5.74, 6) is -0.400. The third-order valence-electron chi connectivity index (χ3n) is 1.73. The Bertz CT molecular complexity index is 416. The standard InChI is InChI=1S/C11H8F4O2/c12-10(13)11(14,15)17-9-5-1-3-8(7-9)4-2-6-16/h1-7,10H. The number of rotatable bonds is 5. The molecule has 1 aromatic rings. The molecule has 0 heterocycles. The van der Waals surface area contributed by atoms with Crippen LogP contribution in [0.25, 0.3) is 6.08 Å². The predicted octanol–water partition coefficient (Wildman–Crippen LogP) is 3.14. The third-order valence-corrected chi connectivity index (χ3v) is 1.73. The summed E-state index contributed by atoms with van der Waals surface area (Å²) >= 11 is 0. The van der Waals surface area contributed by atoms with E-state index in [0.717, 1.165) is 18.2 Å². The van der Waals surface area contributed by atoms with Gasteiger partial charge in [-0.2, -0.15) is 17.6 Å². The highest BCUT2D eigenvalue weighted by Gasteiger charge is 2.43. The van der Waals surface area contributed by atoms with E-state index in [0.29, 0.717) is 11.8 Å².